The standard InChI is InChI=1S/C21H24F2N6/c1-24-21(25-9-8-20-26-17-4-2-3-5-18(17)27-20)29-12-10-28(11-13-29)19-14-15(22)6-7-16(19)23/h2-7,14H,8-13H2,1H3,(H,24,25)(H,26,27). The normalized spacial score (nSPS) is 15.2. The quantitative estimate of drug-likeness (QED) is 0.524. The van der Waals surface area contributed by atoms with Gasteiger partial charge < -0.3 is 20.1 Å². The second-order valence-electron chi connectivity index (χ2n) is 6.99. The SMILES string of the molecule is CN=C(NCCc1nc2ccccc2[nH]1)N1CCN(c2cc(F)ccc2F)CC1. The van der Waals surface area contributed by atoms with Crippen molar-refractivity contribution in [3.05, 3.63) is 59.9 Å². The minimum absolute atomic E-state index is 0.317. The number of benzene rings is 2. The Balaban J connectivity index is 1.30. The number of aliphatic imine (C=N–C) groups is 1. The van der Waals surface area contributed by atoms with Crippen molar-refractivity contribution in [2.24, 2.45) is 4.99 Å². The van der Waals surface area contributed by atoms with Crippen LogP contribution in [-0.2, 0) is 6.42 Å². The molecule has 0 unspecified atom stereocenters. The van der Waals surface area contributed by atoms with E-state index < -0.39 is 11.6 Å². The number of halogens is 2. The molecule has 0 aliphatic carbocycles. The van der Waals surface area contributed by atoms with Gasteiger partial charge in [-0.15, -0.1) is 0 Å². The minimum Gasteiger partial charge on any atom is -0.366 e. The van der Waals surface area contributed by atoms with Gasteiger partial charge in [0.15, 0.2) is 5.96 Å². The summed E-state index contributed by atoms with van der Waals surface area (Å²) in [5.41, 5.74) is 2.32. The van der Waals surface area contributed by atoms with Crippen LogP contribution >= 0.6 is 0 Å². The van der Waals surface area contributed by atoms with Crippen molar-refractivity contribution in [2.45, 2.75) is 6.42 Å². The second kappa shape index (κ2) is 8.46. The van der Waals surface area contributed by atoms with Crippen LogP contribution in [0.3, 0.4) is 0 Å². The van der Waals surface area contributed by atoms with Crippen molar-refractivity contribution in [1.82, 2.24) is 20.2 Å². The molecule has 1 aromatic heterocycles. The van der Waals surface area contributed by atoms with E-state index in [-0.39, 0.29) is 0 Å². The Morgan fingerprint density at radius 3 is 2.69 bits per heavy atom. The molecule has 2 heterocycles. The molecule has 6 nitrogen and oxygen atoms in total. The first kappa shape index (κ1) is 19.2. The molecule has 152 valence electrons. The van der Waals surface area contributed by atoms with Crippen molar-refractivity contribution in [3.8, 4) is 0 Å². The molecule has 0 bridgehead atoms. The third-order valence-corrected chi connectivity index (χ3v) is 5.12. The first-order valence-electron chi connectivity index (χ1n) is 9.73. The Kier molecular flexibility index (Phi) is 5.59. The van der Waals surface area contributed by atoms with Crippen LogP contribution in [0.15, 0.2) is 47.5 Å². The van der Waals surface area contributed by atoms with Crippen LogP contribution in [-0.4, -0.2) is 60.6 Å². The van der Waals surface area contributed by atoms with Crippen molar-refractivity contribution in [2.75, 3.05) is 44.7 Å². The van der Waals surface area contributed by atoms with Crippen molar-refractivity contribution in [3.63, 3.8) is 0 Å². The number of fused-ring (bicyclic) bond motifs is 1. The van der Waals surface area contributed by atoms with E-state index in [4.69, 9.17) is 0 Å². The summed E-state index contributed by atoms with van der Waals surface area (Å²) in [6, 6.07) is 11.5. The maximum absolute atomic E-state index is 14.0. The summed E-state index contributed by atoms with van der Waals surface area (Å²) in [5, 5.41) is 3.37. The molecular formula is C21H24F2N6. The van der Waals surface area contributed by atoms with E-state index in [0.717, 1.165) is 35.3 Å². The molecule has 1 saturated heterocycles. The van der Waals surface area contributed by atoms with Crippen LogP contribution < -0.4 is 10.2 Å². The molecule has 29 heavy (non-hydrogen) atoms. The maximum atomic E-state index is 14.0. The first-order chi connectivity index (χ1) is 14.1. The fourth-order valence-electron chi connectivity index (χ4n) is 3.64. The number of guanidine groups is 1. The number of rotatable bonds is 4. The van der Waals surface area contributed by atoms with Crippen molar-refractivity contribution in [1.29, 1.82) is 0 Å². The number of aromatic nitrogens is 2. The van der Waals surface area contributed by atoms with E-state index in [1.807, 2.05) is 29.2 Å². The number of imidazole rings is 1. The topological polar surface area (TPSA) is 59.6 Å². The largest absolute Gasteiger partial charge is 0.366 e. The highest BCUT2D eigenvalue weighted by atomic mass is 19.1. The number of hydrogen-bond donors (Lipinski definition) is 2. The number of H-pyrrole nitrogens is 1. The zero-order valence-corrected chi connectivity index (χ0v) is 16.3. The van der Waals surface area contributed by atoms with Gasteiger partial charge in [0.25, 0.3) is 0 Å². The van der Waals surface area contributed by atoms with Gasteiger partial charge >= 0.3 is 0 Å². The number of hydrogen-bond acceptors (Lipinski definition) is 3. The molecule has 3 aromatic rings. The van der Waals surface area contributed by atoms with Crippen LogP contribution in [0.5, 0.6) is 0 Å². The molecule has 0 amide bonds. The predicted molar refractivity (Wildman–Crippen MR) is 111 cm³/mol. The van der Waals surface area contributed by atoms with Gasteiger partial charge in [0.2, 0.25) is 0 Å². The Morgan fingerprint density at radius 1 is 1.14 bits per heavy atom. The van der Waals surface area contributed by atoms with Crippen molar-refractivity contribution < 1.29 is 8.78 Å². The van der Waals surface area contributed by atoms with Crippen LogP contribution in [0, 0.1) is 11.6 Å². The highest BCUT2D eigenvalue weighted by molar-refractivity contribution is 5.80. The molecule has 0 atom stereocenters. The van der Waals surface area contributed by atoms with E-state index in [9.17, 15) is 8.78 Å². The fourth-order valence-corrected chi connectivity index (χ4v) is 3.64. The van der Waals surface area contributed by atoms with E-state index in [1.54, 1.807) is 7.05 Å². The Labute approximate surface area is 168 Å². The van der Waals surface area contributed by atoms with E-state index in [1.165, 1.54) is 12.1 Å². The summed E-state index contributed by atoms with van der Waals surface area (Å²) in [6.45, 7) is 3.26. The molecule has 0 saturated carbocycles. The number of para-hydroxylation sites is 2. The molecule has 1 aliphatic rings. The van der Waals surface area contributed by atoms with E-state index in [0.29, 0.717) is 38.4 Å². The summed E-state index contributed by atoms with van der Waals surface area (Å²) in [6.07, 6.45) is 0.752. The minimum atomic E-state index is -0.424. The van der Waals surface area contributed by atoms with Crippen molar-refractivity contribution >= 4 is 22.7 Å². The lowest BCUT2D eigenvalue weighted by atomic mass is 10.2. The highest BCUT2D eigenvalue weighted by Crippen LogP contribution is 2.22. The van der Waals surface area contributed by atoms with Crippen LogP contribution in [0.4, 0.5) is 14.5 Å². The zero-order chi connectivity index (χ0) is 20.2. The molecule has 8 heteroatoms. The maximum Gasteiger partial charge on any atom is 0.193 e. The number of nitrogens with one attached hydrogen (secondary N) is 2. The first-order valence-corrected chi connectivity index (χ1v) is 9.73. The summed E-state index contributed by atoms with van der Waals surface area (Å²) in [5.74, 6) is 0.918. The number of anilines is 1. The lowest BCUT2D eigenvalue weighted by Gasteiger charge is -2.37. The lowest BCUT2D eigenvalue weighted by molar-refractivity contribution is 0.370. The molecule has 0 radical (unpaired) electrons. The van der Waals surface area contributed by atoms with Crippen LogP contribution in [0.1, 0.15) is 5.82 Å². The molecule has 1 aliphatic heterocycles. The van der Waals surface area contributed by atoms with Gasteiger partial charge in [-0.3, -0.25) is 4.99 Å². The van der Waals surface area contributed by atoms with Gasteiger partial charge in [0.1, 0.15) is 17.5 Å². The smallest absolute Gasteiger partial charge is 0.193 e. The van der Waals surface area contributed by atoms with Gasteiger partial charge in [0, 0.05) is 52.3 Å². The fraction of sp³-hybridized carbons (Fsp3) is 0.333. The predicted octanol–water partition coefficient (Wildman–Crippen LogP) is 2.78. The summed E-state index contributed by atoms with van der Waals surface area (Å²) in [4.78, 5) is 16.3. The molecule has 2 aromatic carbocycles. The van der Waals surface area contributed by atoms with Gasteiger partial charge in [-0.05, 0) is 24.3 Å². The monoisotopic (exact) mass is 398 g/mol. The Bertz CT molecular complexity index is 974. The van der Waals surface area contributed by atoms with Gasteiger partial charge in [-0.2, -0.15) is 0 Å². The third kappa shape index (κ3) is 4.31. The van der Waals surface area contributed by atoms with Gasteiger partial charge in [-0.1, -0.05) is 12.1 Å². The molecular weight excluding hydrogens is 374 g/mol. The second-order valence-corrected chi connectivity index (χ2v) is 6.99. The average Bonchev–Trinajstić information content (AvgIpc) is 3.16. The number of aromatic amines is 1. The van der Waals surface area contributed by atoms with E-state index >= 15 is 0 Å². The summed E-state index contributed by atoms with van der Waals surface area (Å²) < 4.78 is 27.5. The average molecular weight is 398 g/mol. The Hall–Kier alpha value is -3.16. The highest BCUT2D eigenvalue weighted by Gasteiger charge is 2.22. The zero-order valence-electron chi connectivity index (χ0n) is 16.3. The van der Waals surface area contributed by atoms with Crippen LogP contribution in [0.2, 0.25) is 0 Å². The van der Waals surface area contributed by atoms with Gasteiger partial charge in [0.05, 0.1) is 16.7 Å². The summed E-state index contributed by atoms with van der Waals surface area (Å²) >= 11 is 0. The summed E-state index contributed by atoms with van der Waals surface area (Å²) in [7, 11) is 1.75. The molecule has 0 spiro atoms. The number of nitrogens with zero attached hydrogens (tertiary/aromatic N) is 4. The number of piperazine rings is 1. The van der Waals surface area contributed by atoms with E-state index in [2.05, 4.69) is 25.2 Å². The molecule has 1 fully saturated rings. The molecule has 4 rings (SSSR count). The lowest BCUT2D eigenvalue weighted by Crippen LogP contribution is -2.53. The van der Waals surface area contributed by atoms with Gasteiger partial charge in [-0.25, -0.2) is 13.8 Å². The molecule has 2 N–H and O–H groups in total. The Morgan fingerprint density at radius 2 is 1.93 bits per heavy atom. The third-order valence-electron chi connectivity index (χ3n) is 5.12. The van der Waals surface area contributed by atoms with Crippen LogP contribution in [0.25, 0.3) is 11.0 Å².